The van der Waals surface area contributed by atoms with Gasteiger partial charge in [0.2, 0.25) is 0 Å². The second kappa shape index (κ2) is 9.40. The van der Waals surface area contributed by atoms with Crippen LogP contribution in [0.3, 0.4) is 0 Å². The average molecular weight is 178 g/mol. The first kappa shape index (κ1) is 22.4. The number of halogens is 1. The van der Waals surface area contributed by atoms with Crippen molar-refractivity contribution < 1.29 is 78.4 Å². The minimum Gasteiger partial charge on any atom is -0.790 e. The topological polar surface area (TPSA) is 83.4 Å². The number of hydrogen-bond donors (Lipinski definition) is 1. The van der Waals surface area contributed by atoms with E-state index >= 15 is 0 Å². The van der Waals surface area contributed by atoms with E-state index in [2.05, 4.69) is 0 Å². The molecular weight excluding hydrogens is 176 g/mol. The second-order valence-corrected chi connectivity index (χ2v) is 1.41. The van der Waals surface area contributed by atoms with E-state index in [0.29, 0.717) is 0 Å². The zero-order valence-corrected chi connectivity index (χ0v) is 10.2. The Labute approximate surface area is 97.3 Å². The molecule has 40 valence electrons. The van der Waals surface area contributed by atoms with Gasteiger partial charge in [-0.25, -0.2) is 0 Å². The predicted octanol–water partition coefficient (Wildman–Crippen LogP) is -7.76. The number of rotatable bonds is 0. The van der Waals surface area contributed by atoms with Crippen LogP contribution in [0.15, 0.2) is 0 Å². The molecule has 8 heteroatoms. The molecule has 0 atom stereocenters. The van der Waals surface area contributed by atoms with Crippen LogP contribution in [0.1, 0.15) is 0 Å². The van der Waals surface area contributed by atoms with E-state index < -0.39 is 7.82 Å². The van der Waals surface area contributed by atoms with Crippen molar-refractivity contribution in [1.29, 1.82) is 0 Å². The van der Waals surface area contributed by atoms with Crippen molar-refractivity contribution in [2.24, 2.45) is 0 Å². The van der Waals surface area contributed by atoms with Gasteiger partial charge in [-0.15, -0.1) is 12.4 Å². The van der Waals surface area contributed by atoms with Crippen molar-refractivity contribution in [1.82, 2.24) is 0 Å². The molecule has 0 aromatic rings. The van der Waals surface area contributed by atoms with Gasteiger partial charge in [0, 0.05) is 0 Å². The summed E-state index contributed by atoms with van der Waals surface area (Å²) in [5.41, 5.74) is 0. The van der Waals surface area contributed by atoms with Gasteiger partial charge in [-0.3, -0.25) is 0 Å². The molecule has 0 spiro atoms. The Balaban J connectivity index is -0.0000000267. The normalized spacial score (nSPS) is 7.38. The monoisotopic (exact) mass is 178 g/mol. The Morgan fingerprint density at radius 3 is 1.25 bits per heavy atom. The van der Waals surface area contributed by atoms with Crippen molar-refractivity contribution in [3.63, 3.8) is 0 Å². The Morgan fingerprint density at radius 2 is 1.25 bits per heavy atom. The van der Waals surface area contributed by atoms with Crippen LogP contribution in [0.4, 0.5) is 0 Å². The van der Waals surface area contributed by atoms with Crippen LogP contribution in [0.25, 0.3) is 0 Å². The molecule has 0 aliphatic heterocycles. The molecule has 0 aromatic carbocycles. The van der Waals surface area contributed by atoms with Crippen molar-refractivity contribution in [3.8, 4) is 0 Å². The Hall–Kier alpha value is 2.40. The molecule has 0 aliphatic rings. The molecule has 0 aromatic heterocycles. The van der Waals surface area contributed by atoms with Gasteiger partial charge in [-0.05, 0) is 0 Å². The number of hydrogen-bond acceptors (Lipinski definition) is 3. The van der Waals surface area contributed by atoms with Gasteiger partial charge < -0.3 is 19.2 Å². The maximum atomic E-state index is 8.66. The van der Waals surface area contributed by atoms with Crippen LogP contribution in [-0.2, 0) is 4.57 Å². The first-order chi connectivity index (χ1) is 2.00. The minimum atomic E-state index is -5.14. The van der Waals surface area contributed by atoms with Crippen LogP contribution in [-0.4, -0.2) is 4.89 Å². The average Bonchev–Trinajstić information content (AvgIpc) is 0.722. The van der Waals surface area contributed by atoms with Gasteiger partial charge in [-0.2, -0.15) is 0 Å². The molecule has 0 bridgehead atoms. The number of phosphoric acid groups is 1. The molecule has 0 unspecified atom stereocenters. The maximum absolute atomic E-state index is 8.66. The summed E-state index contributed by atoms with van der Waals surface area (Å²) in [6, 6.07) is 0. The summed E-state index contributed by atoms with van der Waals surface area (Å²) in [5, 5.41) is 0. The zero-order chi connectivity index (χ0) is 4.50. The molecule has 4 nitrogen and oxygen atoms in total. The summed E-state index contributed by atoms with van der Waals surface area (Å²) in [4.78, 5) is 24.3. The molecule has 1 N–H and O–H groups in total. The molecule has 0 saturated heterocycles. The first-order valence-electron chi connectivity index (χ1n) is 0.748. The van der Waals surface area contributed by atoms with E-state index in [4.69, 9.17) is 19.2 Å². The van der Waals surface area contributed by atoms with E-state index in [-0.39, 0.29) is 71.5 Å². The molecule has 0 rings (SSSR count). The summed E-state index contributed by atoms with van der Waals surface area (Å²) >= 11 is 0. The standard InChI is InChI=1S/ClH.2Na.H3O4P/c;;;1-5(2,3)4/h1H;;;(H3,1,2,3,4)/q;2*+1;/p-2. The molecule has 0 saturated carbocycles. The summed E-state index contributed by atoms with van der Waals surface area (Å²) < 4.78 is 8.66. The van der Waals surface area contributed by atoms with E-state index in [1.807, 2.05) is 0 Å². The van der Waals surface area contributed by atoms with E-state index in [0.717, 1.165) is 0 Å². The summed E-state index contributed by atoms with van der Waals surface area (Å²) in [5.74, 6) is 0. The fraction of sp³-hybridized carbons (Fsp3) is 0. The fourth-order valence-electron chi connectivity index (χ4n) is 0. The van der Waals surface area contributed by atoms with Crippen LogP contribution >= 0.6 is 20.2 Å². The van der Waals surface area contributed by atoms with Gasteiger partial charge in [0.05, 0.1) is 7.82 Å². The van der Waals surface area contributed by atoms with Crippen LogP contribution < -0.4 is 68.9 Å². The molecular formula is H2ClNa2O4P. The van der Waals surface area contributed by atoms with Gasteiger partial charge in [-0.1, -0.05) is 0 Å². The summed E-state index contributed by atoms with van der Waals surface area (Å²) in [6.07, 6.45) is 0. The SMILES string of the molecule is Cl.O=P([O-])([O-])O.[Na+].[Na+]. The first-order valence-corrected chi connectivity index (χ1v) is 2.24. The van der Waals surface area contributed by atoms with E-state index in [9.17, 15) is 0 Å². The van der Waals surface area contributed by atoms with Gasteiger partial charge in [0.1, 0.15) is 0 Å². The van der Waals surface area contributed by atoms with Crippen molar-refractivity contribution in [3.05, 3.63) is 0 Å². The van der Waals surface area contributed by atoms with Crippen molar-refractivity contribution >= 4 is 20.2 Å². The summed E-state index contributed by atoms with van der Waals surface area (Å²) in [7, 11) is -5.14. The summed E-state index contributed by atoms with van der Waals surface area (Å²) in [6.45, 7) is 0. The third kappa shape index (κ3) is 79.9. The minimum absolute atomic E-state index is 0. The third-order valence-corrected chi connectivity index (χ3v) is 0. The molecule has 0 heterocycles. The Bertz CT molecular complexity index is 60.2. The molecule has 0 aliphatic carbocycles. The molecule has 8 heavy (non-hydrogen) atoms. The molecule has 0 amide bonds. The van der Waals surface area contributed by atoms with Crippen LogP contribution in [0.5, 0.6) is 0 Å². The third-order valence-electron chi connectivity index (χ3n) is 0. The van der Waals surface area contributed by atoms with Gasteiger partial charge >= 0.3 is 59.1 Å². The maximum Gasteiger partial charge on any atom is 1.00 e. The van der Waals surface area contributed by atoms with Crippen molar-refractivity contribution in [2.75, 3.05) is 0 Å². The second-order valence-electron chi connectivity index (χ2n) is 0.469. The fourth-order valence-corrected chi connectivity index (χ4v) is 0. The van der Waals surface area contributed by atoms with Gasteiger partial charge in [0.25, 0.3) is 0 Å². The van der Waals surface area contributed by atoms with Crippen LogP contribution in [0, 0.1) is 0 Å². The predicted molar refractivity (Wildman–Crippen MR) is 17.1 cm³/mol. The zero-order valence-electron chi connectivity index (χ0n) is 4.53. The van der Waals surface area contributed by atoms with E-state index in [1.54, 1.807) is 0 Å². The largest absolute Gasteiger partial charge is 1.00 e. The van der Waals surface area contributed by atoms with E-state index in [1.165, 1.54) is 0 Å². The van der Waals surface area contributed by atoms with Crippen molar-refractivity contribution in [2.45, 2.75) is 0 Å². The quantitative estimate of drug-likeness (QED) is 0.295. The smallest absolute Gasteiger partial charge is 0.790 e. The Morgan fingerprint density at radius 1 is 1.25 bits per heavy atom. The Kier molecular flexibility index (Phi) is 26.4. The molecule has 0 fully saturated rings. The van der Waals surface area contributed by atoms with Crippen LogP contribution in [0.2, 0.25) is 0 Å². The van der Waals surface area contributed by atoms with Gasteiger partial charge in [0.15, 0.2) is 0 Å². The molecule has 0 radical (unpaired) electrons.